The molecule has 1 aromatic heterocycles. The minimum absolute atomic E-state index is 0.275. The number of carboxylic acid groups (broad SMARTS) is 1. The fourth-order valence-electron chi connectivity index (χ4n) is 1.51. The van der Waals surface area contributed by atoms with E-state index in [2.05, 4.69) is 0 Å². The van der Waals surface area contributed by atoms with E-state index in [0.717, 1.165) is 10.6 Å². The van der Waals surface area contributed by atoms with Gasteiger partial charge < -0.3 is 9.67 Å². The molecule has 0 spiro atoms. The Labute approximate surface area is 113 Å². The van der Waals surface area contributed by atoms with Crippen LogP contribution in [0.4, 0.5) is 13.2 Å². The zero-order valence-corrected chi connectivity index (χ0v) is 10.8. The highest BCUT2D eigenvalue weighted by Crippen LogP contribution is 2.22. The zero-order chi connectivity index (χ0) is 13.4. The van der Waals surface area contributed by atoms with E-state index >= 15 is 0 Å². The molecule has 0 unspecified atom stereocenters. The van der Waals surface area contributed by atoms with Crippen molar-refractivity contribution in [3.05, 3.63) is 51.1 Å². The highest BCUT2D eigenvalue weighted by atomic mass is 127. The lowest BCUT2D eigenvalue weighted by atomic mass is 10.2. The number of aromatic nitrogens is 1. The van der Waals surface area contributed by atoms with E-state index in [0.29, 0.717) is 9.64 Å². The molecule has 0 saturated heterocycles. The lowest BCUT2D eigenvalue weighted by Crippen LogP contribution is -2.08. The van der Waals surface area contributed by atoms with Crippen molar-refractivity contribution >= 4 is 28.6 Å². The number of carbonyl (C=O) groups is 1. The van der Waals surface area contributed by atoms with Crippen LogP contribution < -0.4 is 0 Å². The number of nitrogens with zero attached hydrogens (tertiary/aromatic N) is 1. The summed E-state index contributed by atoms with van der Waals surface area (Å²) in [6.45, 7) is 0. The van der Waals surface area contributed by atoms with Crippen LogP contribution in [0, 0.1) is 21.0 Å². The minimum atomic E-state index is -1.37. The maximum atomic E-state index is 13.6. The number of halogens is 4. The van der Waals surface area contributed by atoms with Gasteiger partial charge in [-0.1, -0.05) is 0 Å². The molecule has 0 aliphatic heterocycles. The van der Waals surface area contributed by atoms with Gasteiger partial charge in [-0.25, -0.2) is 18.0 Å². The average molecular weight is 367 g/mol. The van der Waals surface area contributed by atoms with Crippen LogP contribution in [-0.2, 0) is 0 Å². The molecule has 0 amide bonds. The van der Waals surface area contributed by atoms with Gasteiger partial charge in [0.2, 0.25) is 0 Å². The van der Waals surface area contributed by atoms with E-state index in [1.807, 2.05) is 22.6 Å². The maximum Gasteiger partial charge on any atom is 0.352 e. The number of hydrogen-bond donors (Lipinski definition) is 1. The summed E-state index contributed by atoms with van der Waals surface area (Å²) in [5.74, 6) is -4.97. The molecule has 3 nitrogen and oxygen atoms in total. The highest BCUT2D eigenvalue weighted by molar-refractivity contribution is 14.1. The van der Waals surface area contributed by atoms with Crippen LogP contribution in [0.1, 0.15) is 10.5 Å². The Morgan fingerprint density at radius 1 is 1.22 bits per heavy atom. The summed E-state index contributed by atoms with van der Waals surface area (Å²) in [4.78, 5) is 11.0. The van der Waals surface area contributed by atoms with E-state index in [1.165, 1.54) is 12.3 Å². The summed E-state index contributed by atoms with van der Waals surface area (Å²) in [5.41, 5.74) is -0.754. The van der Waals surface area contributed by atoms with Gasteiger partial charge in [-0.3, -0.25) is 0 Å². The first-order valence-electron chi connectivity index (χ1n) is 4.66. The molecule has 0 radical (unpaired) electrons. The van der Waals surface area contributed by atoms with Crippen LogP contribution in [0.3, 0.4) is 0 Å². The van der Waals surface area contributed by atoms with Crippen molar-refractivity contribution in [2.75, 3.05) is 0 Å². The lowest BCUT2D eigenvalue weighted by Gasteiger charge is -2.08. The van der Waals surface area contributed by atoms with E-state index in [9.17, 15) is 18.0 Å². The van der Waals surface area contributed by atoms with Crippen LogP contribution in [0.2, 0.25) is 0 Å². The number of hydrogen-bond acceptors (Lipinski definition) is 1. The summed E-state index contributed by atoms with van der Waals surface area (Å²) < 4.78 is 41.1. The second-order valence-electron chi connectivity index (χ2n) is 3.44. The highest BCUT2D eigenvalue weighted by Gasteiger charge is 2.18. The van der Waals surface area contributed by atoms with Crippen molar-refractivity contribution in [1.82, 2.24) is 4.57 Å². The van der Waals surface area contributed by atoms with E-state index < -0.39 is 29.1 Å². The lowest BCUT2D eigenvalue weighted by molar-refractivity contribution is 0.0688. The Balaban J connectivity index is 2.73. The smallest absolute Gasteiger partial charge is 0.352 e. The van der Waals surface area contributed by atoms with Gasteiger partial charge in [0.15, 0.2) is 11.6 Å². The quantitative estimate of drug-likeness (QED) is 0.655. The molecular formula is C11H5F3INO2. The van der Waals surface area contributed by atoms with Gasteiger partial charge in [0.25, 0.3) is 0 Å². The monoisotopic (exact) mass is 367 g/mol. The van der Waals surface area contributed by atoms with Gasteiger partial charge in [0, 0.05) is 21.9 Å². The van der Waals surface area contributed by atoms with Gasteiger partial charge >= 0.3 is 5.97 Å². The number of rotatable bonds is 2. The van der Waals surface area contributed by atoms with Crippen molar-refractivity contribution in [2.24, 2.45) is 0 Å². The third-order valence-corrected chi connectivity index (χ3v) is 2.83. The van der Waals surface area contributed by atoms with Crippen molar-refractivity contribution in [1.29, 1.82) is 0 Å². The van der Waals surface area contributed by atoms with Crippen LogP contribution in [0.15, 0.2) is 24.4 Å². The first-order valence-corrected chi connectivity index (χ1v) is 5.74. The molecule has 1 N–H and O–H groups in total. The SMILES string of the molecule is O=C(O)c1cc(I)cn1-c1cc(F)cc(F)c1F. The molecule has 2 rings (SSSR count). The Hall–Kier alpha value is -1.51. The van der Waals surface area contributed by atoms with Crippen molar-refractivity contribution in [3.63, 3.8) is 0 Å². The van der Waals surface area contributed by atoms with Gasteiger partial charge in [-0.2, -0.15) is 0 Å². The van der Waals surface area contributed by atoms with Crippen LogP contribution in [0.5, 0.6) is 0 Å². The Kier molecular flexibility index (Phi) is 3.33. The predicted octanol–water partition coefficient (Wildman–Crippen LogP) is 3.20. The molecule has 2 aromatic rings. The fourth-order valence-corrected chi connectivity index (χ4v) is 2.09. The molecule has 0 bridgehead atoms. The predicted molar refractivity (Wildman–Crippen MR) is 65.3 cm³/mol. The summed E-state index contributed by atoms with van der Waals surface area (Å²) in [6, 6.07) is 2.40. The molecule has 7 heteroatoms. The van der Waals surface area contributed by atoms with Gasteiger partial charge in [0.1, 0.15) is 11.5 Å². The Bertz CT molecular complexity index is 639. The topological polar surface area (TPSA) is 42.2 Å². The van der Waals surface area contributed by atoms with Gasteiger partial charge in [-0.05, 0) is 28.7 Å². The largest absolute Gasteiger partial charge is 0.477 e. The normalized spacial score (nSPS) is 10.7. The molecule has 0 aliphatic rings. The summed E-state index contributed by atoms with van der Waals surface area (Å²) in [6.07, 6.45) is 1.28. The van der Waals surface area contributed by atoms with Gasteiger partial charge in [0.05, 0.1) is 5.69 Å². The molecular weight excluding hydrogens is 362 g/mol. The molecule has 1 aromatic carbocycles. The molecule has 18 heavy (non-hydrogen) atoms. The Morgan fingerprint density at radius 3 is 2.50 bits per heavy atom. The standard InChI is InChI=1S/C11H5F3INO2/c12-5-1-7(13)10(14)8(2-5)16-4-6(15)3-9(16)11(17)18/h1-4H,(H,17,18). The third-order valence-electron chi connectivity index (χ3n) is 2.24. The van der Waals surface area contributed by atoms with Gasteiger partial charge in [-0.15, -0.1) is 0 Å². The van der Waals surface area contributed by atoms with Crippen molar-refractivity contribution in [3.8, 4) is 5.69 Å². The van der Waals surface area contributed by atoms with Crippen molar-refractivity contribution < 1.29 is 23.1 Å². The second kappa shape index (κ2) is 4.63. The van der Waals surface area contributed by atoms with Crippen molar-refractivity contribution in [2.45, 2.75) is 0 Å². The minimum Gasteiger partial charge on any atom is -0.477 e. The molecule has 94 valence electrons. The van der Waals surface area contributed by atoms with E-state index in [4.69, 9.17) is 5.11 Å². The van der Waals surface area contributed by atoms with E-state index in [1.54, 1.807) is 0 Å². The third kappa shape index (κ3) is 2.22. The summed E-state index contributed by atoms with van der Waals surface area (Å²) >= 11 is 1.82. The van der Waals surface area contributed by atoms with E-state index in [-0.39, 0.29) is 5.69 Å². The first kappa shape index (κ1) is 12.9. The molecule has 0 aliphatic carbocycles. The van der Waals surface area contributed by atoms with Crippen LogP contribution >= 0.6 is 22.6 Å². The first-order chi connectivity index (χ1) is 8.40. The average Bonchev–Trinajstić information content (AvgIpc) is 2.65. The Morgan fingerprint density at radius 2 is 1.89 bits per heavy atom. The molecule has 0 saturated carbocycles. The number of benzene rings is 1. The summed E-state index contributed by atoms with van der Waals surface area (Å²) in [7, 11) is 0. The maximum absolute atomic E-state index is 13.6. The zero-order valence-electron chi connectivity index (χ0n) is 8.62. The molecule has 0 fully saturated rings. The molecule has 0 atom stereocenters. The second-order valence-corrected chi connectivity index (χ2v) is 4.69. The summed E-state index contributed by atoms with van der Waals surface area (Å²) in [5, 5.41) is 8.94. The van der Waals surface area contributed by atoms with Crippen LogP contribution in [-0.4, -0.2) is 15.6 Å². The number of carboxylic acids is 1. The molecule has 1 heterocycles. The van der Waals surface area contributed by atoms with Crippen LogP contribution in [0.25, 0.3) is 5.69 Å². The fraction of sp³-hybridized carbons (Fsp3) is 0. The number of aromatic carboxylic acids is 1.